The van der Waals surface area contributed by atoms with Crippen molar-refractivity contribution < 1.29 is 32.3 Å². The number of piperidine rings is 1. The maximum atomic E-state index is 12.8. The normalized spacial score (nSPS) is 15.1. The minimum absolute atomic E-state index is 0.0734. The van der Waals surface area contributed by atoms with Crippen LogP contribution in [-0.2, 0) is 33.9 Å². The van der Waals surface area contributed by atoms with Gasteiger partial charge >= 0.3 is 11.9 Å². The second kappa shape index (κ2) is 10.2. The molecule has 1 saturated heterocycles. The predicted molar refractivity (Wildman–Crippen MR) is 103 cm³/mol. The van der Waals surface area contributed by atoms with E-state index in [0.29, 0.717) is 5.56 Å². The van der Waals surface area contributed by atoms with E-state index in [1.165, 1.54) is 42.8 Å². The lowest BCUT2D eigenvalue weighted by atomic mass is 9.96. The lowest BCUT2D eigenvalue weighted by molar-refractivity contribution is -0.154. The minimum atomic E-state index is -3.75. The van der Waals surface area contributed by atoms with Crippen molar-refractivity contribution in [1.82, 2.24) is 9.21 Å². The Labute approximate surface area is 175 Å². The summed E-state index contributed by atoms with van der Waals surface area (Å²) in [6.45, 7) is -0.561. The topological polar surface area (TPSA) is 134 Å². The van der Waals surface area contributed by atoms with Crippen LogP contribution in [0.25, 0.3) is 0 Å². The molecule has 0 radical (unpaired) electrons. The predicted octanol–water partition coefficient (Wildman–Crippen LogP) is 0.134. The van der Waals surface area contributed by atoms with Crippen molar-refractivity contribution in [2.75, 3.05) is 40.4 Å². The van der Waals surface area contributed by atoms with Crippen LogP contribution in [0.3, 0.4) is 0 Å². The summed E-state index contributed by atoms with van der Waals surface area (Å²) in [5.41, 5.74) is 0.356. The number of ether oxygens (including phenoxy) is 2. The van der Waals surface area contributed by atoms with E-state index in [1.54, 1.807) is 0 Å². The average molecular weight is 437 g/mol. The van der Waals surface area contributed by atoms with Crippen molar-refractivity contribution in [2.24, 2.45) is 5.92 Å². The Morgan fingerprint density at radius 3 is 2.00 bits per heavy atom. The number of hydrogen-bond donors (Lipinski definition) is 0. The van der Waals surface area contributed by atoms with E-state index in [-0.39, 0.29) is 30.8 Å². The zero-order valence-electron chi connectivity index (χ0n) is 16.7. The van der Waals surface area contributed by atoms with Crippen LogP contribution in [0.1, 0.15) is 18.4 Å². The smallest absolute Gasteiger partial charge is 0.325 e. The zero-order chi connectivity index (χ0) is 22.3. The van der Waals surface area contributed by atoms with Gasteiger partial charge in [-0.1, -0.05) is 0 Å². The molecule has 0 N–H and O–H groups in total. The molecule has 1 fully saturated rings. The molecule has 0 bridgehead atoms. The number of methoxy groups -OCH3 is 2. The molecule has 2 rings (SSSR count). The van der Waals surface area contributed by atoms with Gasteiger partial charge in [-0.25, -0.2) is 8.42 Å². The first kappa shape index (κ1) is 23.3. The van der Waals surface area contributed by atoms with Gasteiger partial charge in [0.1, 0.15) is 13.1 Å². The van der Waals surface area contributed by atoms with Gasteiger partial charge in [0, 0.05) is 19.0 Å². The van der Waals surface area contributed by atoms with E-state index in [9.17, 15) is 22.8 Å². The summed E-state index contributed by atoms with van der Waals surface area (Å²) in [6.07, 6.45) is 0.486. The Hall–Kier alpha value is -2.97. The van der Waals surface area contributed by atoms with Crippen LogP contribution in [0.2, 0.25) is 0 Å². The lowest BCUT2D eigenvalue weighted by Gasteiger charge is -2.33. The molecular weight excluding hydrogens is 414 g/mol. The van der Waals surface area contributed by atoms with E-state index in [4.69, 9.17) is 5.26 Å². The zero-order valence-corrected chi connectivity index (χ0v) is 17.6. The molecule has 0 saturated carbocycles. The summed E-state index contributed by atoms with van der Waals surface area (Å²) in [4.78, 5) is 37.1. The van der Waals surface area contributed by atoms with Gasteiger partial charge in [-0.2, -0.15) is 9.57 Å². The summed E-state index contributed by atoms with van der Waals surface area (Å²) in [7, 11) is -1.40. The summed E-state index contributed by atoms with van der Waals surface area (Å²) in [5, 5.41) is 8.84. The fraction of sp³-hybridized carbons (Fsp3) is 0.474. The fourth-order valence-electron chi connectivity index (χ4n) is 3.10. The number of rotatable bonds is 7. The first-order valence-electron chi connectivity index (χ1n) is 9.15. The number of esters is 2. The quantitative estimate of drug-likeness (QED) is 0.550. The molecule has 1 aromatic carbocycles. The van der Waals surface area contributed by atoms with Crippen LogP contribution in [-0.4, -0.2) is 75.9 Å². The molecule has 30 heavy (non-hydrogen) atoms. The standard InChI is InChI=1S/C19H23N3O7S/c1-28-17(23)12-21(13-18(24)29-2)19(25)15-7-9-22(10-8-15)30(26,27)16-5-3-14(11-20)4-6-16/h3-6,15H,7-10,12-13H2,1-2H3. The number of nitrogens with zero attached hydrogens (tertiary/aromatic N) is 3. The maximum absolute atomic E-state index is 12.8. The van der Waals surface area contributed by atoms with E-state index >= 15 is 0 Å². The molecule has 1 heterocycles. The molecule has 162 valence electrons. The van der Waals surface area contributed by atoms with Gasteiger partial charge in [-0.15, -0.1) is 0 Å². The molecule has 11 heteroatoms. The monoisotopic (exact) mass is 437 g/mol. The van der Waals surface area contributed by atoms with E-state index in [1.807, 2.05) is 6.07 Å². The molecule has 0 aromatic heterocycles. The Kier molecular flexibility index (Phi) is 7.91. The number of amides is 1. The van der Waals surface area contributed by atoms with Gasteiger partial charge < -0.3 is 14.4 Å². The van der Waals surface area contributed by atoms with Crippen molar-refractivity contribution in [1.29, 1.82) is 5.26 Å². The van der Waals surface area contributed by atoms with Crippen LogP contribution < -0.4 is 0 Å². The molecule has 1 amide bonds. The fourth-order valence-corrected chi connectivity index (χ4v) is 4.57. The van der Waals surface area contributed by atoms with E-state index in [0.717, 1.165) is 4.90 Å². The number of hydrogen-bond acceptors (Lipinski definition) is 8. The molecule has 1 aliphatic rings. The molecular formula is C19H23N3O7S. The maximum Gasteiger partial charge on any atom is 0.325 e. The van der Waals surface area contributed by atoms with Crippen molar-refractivity contribution in [3.63, 3.8) is 0 Å². The summed E-state index contributed by atoms with van der Waals surface area (Å²) in [6, 6.07) is 7.54. The van der Waals surface area contributed by atoms with Crippen LogP contribution in [0.4, 0.5) is 0 Å². The van der Waals surface area contributed by atoms with Crippen molar-refractivity contribution >= 4 is 27.9 Å². The van der Waals surface area contributed by atoms with Crippen LogP contribution in [0.5, 0.6) is 0 Å². The third kappa shape index (κ3) is 5.55. The minimum Gasteiger partial charge on any atom is -0.468 e. The van der Waals surface area contributed by atoms with Gasteiger partial charge in [0.25, 0.3) is 0 Å². The van der Waals surface area contributed by atoms with Crippen LogP contribution in [0.15, 0.2) is 29.2 Å². The highest BCUT2D eigenvalue weighted by molar-refractivity contribution is 7.89. The number of carbonyl (C=O) groups excluding carboxylic acids is 3. The van der Waals surface area contributed by atoms with Gasteiger partial charge in [-0.05, 0) is 37.1 Å². The lowest BCUT2D eigenvalue weighted by Crippen LogP contribution is -2.47. The van der Waals surface area contributed by atoms with Crippen LogP contribution >= 0.6 is 0 Å². The SMILES string of the molecule is COC(=O)CN(CC(=O)OC)C(=O)C1CCN(S(=O)(=O)c2ccc(C#N)cc2)CC1. The molecule has 1 aromatic rings. The van der Waals surface area contributed by atoms with Crippen LogP contribution in [0, 0.1) is 17.2 Å². The highest BCUT2D eigenvalue weighted by Gasteiger charge is 2.35. The summed E-state index contributed by atoms with van der Waals surface area (Å²) < 4.78 is 36.0. The molecule has 0 spiro atoms. The molecule has 0 atom stereocenters. The highest BCUT2D eigenvalue weighted by Crippen LogP contribution is 2.25. The summed E-state index contributed by atoms with van der Waals surface area (Å²) >= 11 is 0. The van der Waals surface area contributed by atoms with Gasteiger partial charge in [0.2, 0.25) is 15.9 Å². The molecule has 10 nitrogen and oxygen atoms in total. The second-order valence-corrected chi connectivity index (χ2v) is 8.60. The number of sulfonamides is 1. The molecule has 0 unspecified atom stereocenters. The largest absolute Gasteiger partial charge is 0.468 e. The first-order valence-corrected chi connectivity index (χ1v) is 10.6. The van der Waals surface area contributed by atoms with E-state index < -0.39 is 46.9 Å². The third-order valence-electron chi connectivity index (χ3n) is 4.83. The molecule has 0 aliphatic carbocycles. The Bertz CT molecular complexity index is 912. The van der Waals surface area contributed by atoms with Gasteiger partial charge in [0.05, 0.1) is 30.7 Å². The number of benzene rings is 1. The Morgan fingerprint density at radius 1 is 1.07 bits per heavy atom. The molecule has 1 aliphatic heterocycles. The Morgan fingerprint density at radius 2 is 1.57 bits per heavy atom. The number of nitriles is 1. The van der Waals surface area contributed by atoms with Crippen molar-refractivity contribution in [3.8, 4) is 6.07 Å². The highest BCUT2D eigenvalue weighted by atomic mass is 32.2. The van der Waals surface area contributed by atoms with Crippen molar-refractivity contribution in [3.05, 3.63) is 29.8 Å². The summed E-state index contributed by atoms with van der Waals surface area (Å²) in [5.74, 6) is -2.31. The first-order chi connectivity index (χ1) is 14.2. The van der Waals surface area contributed by atoms with E-state index in [2.05, 4.69) is 9.47 Å². The average Bonchev–Trinajstić information content (AvgIpc) is 2.77. The van der Waals surface area contributed by atoms with Crippen molar-refractivity contribution in [2.45, 2.75) is 17.7 Å². The second-order valence-electron chi connectivity index (χ2n) is 6.66. The van der Waals surface area contributed by atoms with Gasteiger partial charge in [0.15, 0.2) is 0 Å². The number of carbonyl (C=O) groups is 3. The third-order valence-corrected chi connectivity index (χ3v) is 6.74. The Balaban J connectivity index is 2.06. The van der Waals surface area contributed by atoms with Gasteiger partial charge in [-0.3, -0.25) is 14.4 Å².